The lowest BCUT2D eigenvalue weighted by Crippen LogP contribution is -2.37. The molecule has 0 unspecified atom stereocenters. The van der Waals surface area contributed by atoms with E-state index in [9.17, 15) is 14.0 Å². The average Bonchev–Trinajstić information content (AvgIpc) is 3.31. The quantitative estimate of drug-likeness (QED) is 0.590. The molecule has 2 saturated heterocycles. The second-order valence-corrected chi connectivity index (χ2v) is 7.74. The van der Waals surface area contributed by atoms with Crippen molar-refractivity contribution in [3.63, 3.8) is 0 Å². The van der Waals surface area contributed by atoms with Crippen molar-refractivity contribution in [1.29, 1.82) is 0 Å². The maximum atomic E-state index is 13.5. The van der Waals surface area contributed by atoms with Gasteiger partial charge in [0.25, 0.3) is 5.91 Å². The van der Waals surface area contributed by atoms with E-state index in [1.54, 1.807) is 5.06 Å². The summed E-state index contributed by atoms with van der Waals surface area (Å²) in [5.74, 6) is -1.91. The predicted octanol–water partition coefficient (Wildman–Crippen LogP) is 4.44. The molecule has 0 aliphatic carbocycles. The number of nitrogens with zero attached hydrogens (tertiary/aromatic N) is 2. The summed E-state index contributed by atoms with van der Waals surface area (Å²) in [5, 5.41) is 1.67. The van der Waals surface area contributed by atoms with Crippen molar-refractivity contribution < 1.29 is 18.8 Å². The number of hydrogen-bond acceptors (Lipinski definition) is 4. The van der Waals surface area contributed by atoms with E-state index < -0.39 is 29.8 Å². The summed E-state index contributed by atoms with van der Waals surface area (Å²) >= 11 is 0. The number of hydrogen-bond donors (Lipinski definition) is 0. The summed E-state index contributed by atoms with van der Waals surface area (Å²) in [6.07, 6.45) is -0.0281. The molecule has 5 rings (SSSR count). The van der Waals surface area contributed by atoms with E-state index in [4.69, 9.17) is 4.84 Å². The van der Waals surface area contributed by atoms with Crippen LogP contribution < -0.4 is 9.96 Å². The number of para-hydroxylation sites is 1. The number of hydroxylamine groups is 1. The van der Waals surface area contributed by atoms with E-state index in [-0.39, 0.29) is 5.91 Å². The zero-order chi connectivity index (χ0) is 21.5. The minimum atomic E-state index is -0.936. The Hall–Kier alpha value is -3.51. The van der Waals surface area contributed by atoms with Crippen LogP contribution in [0.4, 0.5) is 15.8 Å². The molecule has 2 amide bonds. The van der Waals surface area contributed by atoms with E-state index in [1.807, 2.05) is 54.6 Å². The van der Waals surface area contributed by atoms with Gasteiger partial charge < -0.3 is 0 Å². The number of halogens is 1. The summed E-state index contributed by atoms with van der Waals surface area (Å²) in [6.45, 7) is 2.08. The lowest BCUT2D eigenvalue weighted by Gasteiger charge is -2.28. The Morgan fingerprint density at radius 2 is 1.52 bits per heavy atom. The smallest absolute Gasteiger partial charge is 0.266 e. The highest BCUT2D eigenvalue weighted by molar-refractivity contribution is 6.23. The molecule has 0 aromatic heterocycles. The number of rotatable bonds is 4. The molecule has 0 radical (unpaired) electrons. The van der Waals surface area contributed by atoms with Crippen LogP contribution in [0.1, 0.15) is 24.1 Å². The number of fused-ring (bicyclic) bond motifs is 1. The Balaban J connectivity index is 1.57. The highest BCUT2D eigenvalue weighted by atomic mass is 19.1. The molecule has 3 aromatic carbocycles. The molecule has 0 bridgehead atoms. The van der Waals surface area contributed by atoms with Gasteiger partial charge in [-0.15, -0.1) is 0 Å². The molecule has 0 spiro atoms. The molecule has 2 heterocycles. The average molecular weight is 416 g/mol. The van der Waals surface area contributed by atoms with Gasteiger partial charge in [-0.05, 0) is 53.9 Å². The number of amides is 2. The van der Waals surface area contributed by atoms with Crippen LogP contribution in [0, 0.1) is 11.7 Å². The van der Waals surface area contributed by atoms with Crippen molar-refractivity contribution in [1.82, 2.24) is 0 Å². The van der Waals surface area contributed by atoms with Crippen LogP contribution in [0.25, 0.3) is 0 Å². The maximum Gasteiger partial charge on any atom is 0.266 e. The first-order chi connectivity index (χ1) is 15.1. The third-order valence-corrected chi connectivity index (χ3v) is 5.94. The van der Waals surface area contributed by atoms with Gasteiger partial charge in [0.05, 0.1) is 17.4 Å². The number of carbonyl (C=O) groups excluding carboxylic acids is 2. The maximum absolute atomic E-state index is 13.5. The number of anilines is 2. The molecule has 3 aromatic rings. The zero-order valence-corrected chi connectivity index (χ0v) is 16.9. The molecule has 2 fully saturated rings. The van der Waals surface area contributed by atoms with Gasteiger partial charge in [-0.1, -0.05) is 49.4 Å². The Morgan fingerprint density at radius 1 is 0.839 bits per heavy atom. The van der Waals surface area contributed by atoms with Crippen LogP contribution in [0.3, 0.4) is 0 Å². The lowest BCUT2D eigenvalue weighted by atomic mass is 9.90. The topological polar surface area (TPSA) is 49.9 Å². The zero-order valence-electron chi connectivity index (χ0n) is 16.9. The molecule has 6 heteroatoms. The van der Waals surface area contributed by atoms with Crippen LogP contribution in [-0.4, -0.2) is 17.9 Å². The standard InChI is InChI=1S/C25H21FN2O3/c1-2-16-8-10-17(11-9-16)22-21-23(31-28(22)20-6-4-3-5-7-20)25(30)27(24(21)29)19-14-12-18(26)13-15-19/h3-15,21-23H,2H2,1H3/t21-,22+,23+/m1/s1. The van der Waals surface area contributed by atoms with E-state index in [1.165, 1.54) is 29.8 Å². The Labute approximate surface area is 179 Å². The van der Waals surface area contributed by atoms with Gasteiger partial charge in [0.2, 0.25) is 5.91 Å². The molecule has 5 nitrogen and oxygen atoms in total. The molecular weight excluding hydrogens is 395 g/mol. The molecule has 0 saturated carbocycles. The van der Waals surface area contributed by atoms with Crippen LogP contribution >= 0.6 is 0 Å². The third-order valence-electron chi connectivity index (χ3n) is 5.94. The van der Waals surface area contributed by atoms with Gasteiger partial charge in [0.15, 0.2) is 6.10 Å². The van der Waals surface area contributed by atoms with E-state index in [0.717, 1.165) is 22.6 Å². The minimum absolute atomic E-state index is 0.343. The van der Waals surface area contributed by atoms with Crippen LogP contribution in [-0.2, 0) is 20.8 Å². The van der Waals surface area contributed by atoms with Gasteiger partial charge in [-0.3, -0.25) is 14.4 Å². The first-order valence-corrected chi connectivity index (χ1v) is 10.3. The van der Waals surface area contributed by atoms with Crippen molar-refractivity contribution in [2.24, 2.45) is 5.92 Å². The Bertz CT molecular complexity index is 1120. The highest BCUT2D eigenvalue weighted by Crippen LogP contribution is 2.47. The summed E-state index contributed by atoms with van der Waals surface area (Å²) < 4.78 is 13.4. The van der Waals surface area contributed by atoms with Gasteiger partial charge >= 0.3 is 0 Å². The summed E-state index contributed by atoms with van der Waals surface area (Å²) in [6, 6.07) is 22.4. The van der Waals surface area contributed by atoms with Gasteiger partial charge in [-0.2, -0.15) is 0 Å². The molecular formula is C25H21FN2O3. The van der Waals surface area contributed by atoms with Crippen molar-refractivity contribution in [3.8, 4) is 0 Å². The van der Waals surface area contributed by atoms with Gasteiger partial charge in [0.1, 0.15) is 11.7 Å². The monoisotopic (exact) mass is 416 g/mol. The van der Waals surface area contributed by atoms with Gasteiger partial charge in [-0.25, -0.2) is 14.4 Å². The minimum Gasteiger partial charge on any atom is -0.273 e. The summed E-state index contributed by atoms with van der Waals surface area (Å²) in [5.41, 5.74) is 3.21. The first kappa shape index (κ1) is 19.5. The van der Waals surface area contributed by atoms with Gasteiger partial charge in [0, 0.05) is 0 Å². The normalized spacial score (nSPS) is 22.8. The number of benzene rings is 3. The molecule has 31 heavy (non-hydrogen) atoms. The second-order valence-electron chi connectivity index (χ2n) is 7.74. The van der Waals surface area contributed by atoms with E-state index >= 15 is 0 Å². The number of aryl methyl sites for hydroxylation is 1. The van der Waals surface area contributed by atoms with E-state index in [2.05, 4.69) is 6.92 Å². The molecule has 2 aliphatic heterocycles. The van der Waals surface area contributed by atoms with Crippen LogP contribution in [0.5, 0.6) is 0 Å². The fourth-order valence-corrected chi connectivity index (χ4v) is 4.35. The summed E-state index contributed by atoms with van der Waals surface area (Å²) in [7, 11) is 0. The molecule has 3 atom stereocenters. The second kappa shape index (κ2) is 7.63. The van der Waals surface area contributed by atoms with Crippen molar-refractivity contribution in [3.05, 3.63) is 95.8 Å². The number of carbonyl (C=O) groups is 2. The molecule has 2 aliphatic rings. The fraction of sp³-hybridized carbons (Fsp3) is 0.200. The third kappa shape index (κ3) is 3.20. The first-order valence-electron chi connectivity index (χ1n) is 10.3. The fourth-order valence-electron chi connectivity index (χ4n) is 4.35. The van der Waals surface area contributed by atoms with Crippen molar-refractivity contribution >= 4 is 23.2 Å². The molecule has 156 valence electrons. The lowest BCUT2D eigenvalue weighted by molar-refractivity contribution is -0.126. The van der Waals surface area contributed by atoms with Crippen molar-refractivity contribution in [2.45, 2.75) is 25.5 Å². The highest BCUT2D eigenvalue weighted by Gasteiger charge is 2.60. The van der Waals surface area contributed by atoms with E-state index in [0.29, 0.717) is 5.69 Å². The SMILES string of the molecule is CCc1ccc([C@H]2[C@H]3C(=O)N(c4ccc(F)cc4)C(=O)[C@H]3ON2c2ccccc2)cc1. The predicted molar refractivity (Wildman–Crippen MR) is 115 cm³/mol. The van der Waals surface area contributed by atoms with Crippen molar-refractivity contribution in [2.75, 3.05) is 9.96 Å². The molecule has 0 N–H and O–H groups in total. The number of imide groups is 1. The largest absolute Gasteiger partial charge is 0.273 e. The summed E-state index contributed by atoms with van der Waals surface area (Å²) in [4.78, 5) is 33.9. The Morgan fingerprint density at radius 3 is 2.16 bits per heavy atom. The van der Waals surface area contributed by atoms with Crippen LogP contribution in [0.15, 0.2) is 78.9 Å². The Kier molecular flexibility index (Phi) is 4.79. The van der Waals surface area contributed by atoms with Crippen LogP contribution in [0.2, 0.25) is 0 Å².